The minimum Gasteiger partial charge on any atom is -0.399 e. The topological polar surface area (TPSA) is 29.3 Å². The SMILES string of the molecule is CC(c1ccc(N)cc1)N(C)C1CCC1. The van der Waals surface area contributed by atoms with Crippen molar-refractivity contribution >= 4 is 5.69 Å². The quantitative estimate of drug-likeness (QED) is 0.767. The van der Waals surface area contributed by atoms with Crippen molar-refractivity contribution in [3.05, 3.63) is 29.8 Å². The van der Waals surface area contributed by atoms with Crippen molar-refractivity contribution in [3.8, 4) is 0 Å². The molecule has 1 fully saturated rings. The summed E-state index contributed by atoms with van der Waals surface area (Å²) in [7, 11) is 2.23. The van der Waals surface area contributed by atoms with Gasteiger partial charge in [-0.1, -0.05) is 18.6 Å². The van der Waals surface area contributed by atoms with E-state index in [0.29, 0.717) is 6.04 Å². The lowest BCUT2D eigenvalue weighted by atomic mass is 9.90. The van der Waals surface area contributed by atoms with Crippen molar-refractivity contribution in [2.24, 2.45) is 0 Å². The molecule has 0 amide bonds. The van der Waals surface area contributed by atoms with E-state index in [4.69, 9.17) is 5.73 Å². The predicted octanol–water partition coefficient (Wildman–Crippen LogP) is 2.81. The Morgan fingerprint density at radius 1 is 1.27 bits per heavy atom. The van der Waals surface area contributed by atoms with E-state index < -0.39 is 0 Å². The fourth-order valence-electron chi connectivity index (χ4n) is 2.12. The summed E-state index contributed by atoms with van der Waals surface area (Å²) < 4.78 is 0. The molecule has 15 heavy (non-hydrogen) atoms. The second-order valence-corrected chi connectivity index (χ2v) is 4.59. The van der Waals surface area contributed by atoms with Crippen LogP contribution in [0.2, 0.25) is 0 Å². The zero-order valence-corrected chi connectivity index (χ0v) is 9.61. The molecule has 0 aromatic heterocycles. The number of rotatable bonds is 3. The van der Waals surface area contributed by atoms with Crippen LogP contribution in [0.4, 0.5) is 5.69 Å². The number of nitrogen functional groups attached to an aromatic ring is 1. The molecule has 1 aliphatic rings. The first kappa shape index (κ1) is 10.5. The van der Waals surface area contributed by atoms with Crippen molar-refractivity contribution in [1.82, 2.24) is 4.90 Å². The van der Waals surface area contributed by atoms with Gasteiger partial charge in [-0.15, -0.1) is 0 Å². The van der Waals surface area contributed by atoms with E-state index in [1.807, 2.05) is 12.1 Å². The van der Waals surface area contributed by atoms with Gasteiger partial charge in [-0.2, -0.15) is 0 Å². The number of hydrogen-bond donors (Lipinski definition) is 1. The highest BCUT2D eigenvalue weighted by molar-refractivity contribution is 5.40. The van der Waals surface area contributed by atoms with Gasteiger partial charge < -0.3 is 5.73 Å². The van der Waals surface area contributed by atoms with Crippen LogP contribution in [0.3, 0.4) is 0 Å². The summed E-state index contributed by atoms with van der Waals surface area (Å²) in [5.74, 6) is 0. The van der Waals surface area contributed by atoms with E-state index in [9.17, 15) is 0 Å². The standard InChI is InChI=1S/C13H20N2/c1-10(15(2)13-4-3-5-13)11-6-8-12(14)9-7-11/h6-10,13H,3-5,14H2,1-2H3. The molecule has 0 saturated heterocycles. The van der Waals surface area contributed by atoms with Gasteiger partial charge in [-0.25, -0.2) is 0 Å². The third-order valence-electron chi connectivity index (χ3n) is 3.68. The molecule has 82 valence electrons. The number of anilines is 1. The van der Waals surface area contributed by atoms with Crippen LogP contribution in [0, 0.1) is 0 Å². The van der Waals surface area contributed by atoms with E-state index in [1.54, 1.807) is 0 Å². The Labute approximate surface area is 92.1 Å². The highest BCUT2D eigenvalue weighted by Crippen LogP contribution is 2.30. The average molecular weight is 204 g/mol. The molecular weight excluding hydrogens is 184 g/mol. The van der Waals surface area contributed by atoms with Gasteiger partial charge in [-0.05, 0) is 44.5 Å². The number of nitrogens with two attached hydrogens (primary N) is 1. The van der Waals surface area contributed by atoms with Crippen molar-refractivity contribution in [2.75, 3.05) is 12.8 Å². The summed E-state index contributed by atoms with van der Waals surface area (Å²) >= 11 is 0. The third kappa shape index (κ3) is 2.15. The van der Waals surface area contributed by atoms with Gasteiger partial charge in [0, 0.05) is 17.8 Å². The molecule has 0 spiro atoms. The first-order valence-corrected chi connectivity index (χ1v) is 5.76. The molecule has 1 atom stereocenters. The van der Waals surface area contributed by atoms with Crippen LogP contribution < -0.4 is 5.73 Å². The maximum Gasteiger partial charge on any atom is 0.0319 e. The monoisotopic (exact) mass is 204 g/mol. The Morgan fingerprint density at radius 3 is 2.33 bits per heavy atom. The van der Waals surface area contributed by atoms with Gasteiger partial charge in [0.25, 0.3) is 0 Å². The summed E-state index contributed by atoms with van der Waals surface area (Å²) in [6, 6.07) is 9.53. The van der Waals surface area contributed by atoms with E-state index in [2.05, 4.69) is 31.0 Å². The Morgan fingerprint density at radius 2 is 1.87 bits per heavy atom. The smallest absolute Gasteiger partial charge is 0.0319 e. The summed E-state index contributed by atoms with van der Waals surface area (Å²) in [6.07, 6.45) is 4.11. The molecule has 2 rings (SSSR count). The maximum absolute atomic E-state index is 5.69. The van der Waals surface area contributed by atoms with E-state index in [-0.39, 0.29) is 0 Å². The lowest BCUT2D eigenvalue weighted by Gasteiger charge is -2.38. The van der Waals surface area contributed by atoms with Gasteiger partial charge in [0.2, 0.25) is 0 Å². The average Bonchev–Trinajstić information content (AvgIpc) is 2.15. The summed E-state index contributed by atoms with van der Waals surface area (Å²) in [5.41, 5.74) is 7.89. The molecule has 0 radical (unpaired) electrons. The van der Waals surface area contributed by atoms with Crippen LogP contribution in [0.5, 0.6) is 0 Å². The van der Waals surface area contributed by atoms with Crippen LogP contribution in [-0.2, 0) is 0 Å². The molecule has 1 aromatic rings. The van der Waals surface area contributed by atoms with Gasteiger partial charge in [-0.3, -0.25) is 4.90 Å². The molecule has 0 heterocycles. The molecule has 1 aliphatic carbocycles. The Hall–Kier alpha value is -1.02. The van der Waals surface area contributed by atoms with Gasteiger partial charge in [0.15, 0.2) is 0 Å². The Kier molecular flexibility index (Phi) is 2.96. The van der Waals surface area contributed by atoms with Crippen molar-refractivity contribution in [3.63, 3.8) is 0 Å². The fraction of sp³-hybridized carbons (Fsp3) is 0.538. The van der Waals surface area contributed by atoms with Gasteiger partial charge in [0.05, 0.1) is 0 Å². The maximum atomic E-state index is 5.69. The van der Waals surface area contributed by atoms with Crippen LogP contribution >= 0.6 is 0 Å². The highest BCUT2D eigenvalue weighted by Gasteiger charge is 2.25. The molecule has 2 heteroatoms. The second-order valence-electron chi connectivity index (χ2n) is 4.59. The lowest BCUT2D eigenvalue weighted by Crippen LogP contribution is -2.38. The van der Waals surface area contributed by atoms with Crippen LogP contribution in [-0.4, -0.2) is 18.0 Å². The Balaban J connectivity index is 2.05. The summed E-state index contributed by atoms with van der Waals surface area (Å²) in [6.45, 7) is 2.27. The number of benzene rings is 1. The van der Waals surface area contributed by atoms with Crippen LogP contribution in [0.15, 0.2) is 24.3 Å². The van der Waals surface area contributed by atoms with Gasteiger partial charge >= 0.3 is 0 Å². The zero-order valence-electron chi connectivity index (χ0n) is 9.61. The summed E-state index contributed by atoms with van der Waals surface area (Å²) in [4.78, 5) is 2.48. The van der Waals surface area contributed by atoms with E-state index >= 15 is 0 Å². The molecule has 2 N–H and O–H groups in total. The van der Waals surface area contributed by atoms with Crippen molar-refractivity contribution in [2.45, 2.75) is 38.3 Å². The lowest BCUT2D eigenvalue weighted by molar-refractivity contribution is 0.118. The molecule has 1 unspecified atom stereocenters. The molecule has 1 saturated carbocycles. The first-order chi connectivity index (χ1) is 7.18. The van der Waals surface area contributed by atoms with Crippen LogP contribution in [0.25, 0.3) is 0 Å². The van der Waals surface area contributed by atoms with Gasteiger partial charge in [0.1, 0.15) is 0 Å². The molecule has 0 aliphatic heterocycles. The molecule has 0 bridgehead atoms. The van der Waals surface area contributed by atoms with Crippen LogP contribution in [0.1, 0.15) is 37.8 Å². The minimum absolute atomic E-state index is 0.496. The predicted molar refractivity (Wildman–Crippen MR) is 64.7 cm³/mol. The van der Waals surface area contributed by atoms with E-state index in [0.717, 1.165) is 11.7 Å². The zero-order chi connectivity index (χ0) is 10.8. The minimum atomic E-state index is 0.496. The molecule has 2 nitrogen and oxygen atoms in total. The summed E-state index contributed by atoms with van der Waals surface area (Å²) in [5, 5.41) is 0. The molecular formula is C13H20N2. The largest absolute Gasteiger partial charge is 0.399 e. The van der Waals surface area contributed by atoms with Crippen molar-refractivity contribution in [1.29, 1.82) is 0 Å². The third-order valence-corrected chi connectivity index (χ3v) is 3.68. The van der Waals surface area contributed by atoms with E-state index in [1.165, 1.54) is 24.8 Å². The normalized spacial score (nSPS) is 18.9. The fourth-order valence-corrected chi connectivity index (χ4v) is 2.12. The second kappa shape index (κ2) is 4.23. The van der Waals surface area contributed by atoms with Crippen molar-refractivity contribution < 1.29 is 0 Å². The molecule has 1 aromatic carbocycles. The number of hydrogen-bond acceptors (Lipinski definition) is 2. The Bertz CT molecular complexity index is 314. The number of nitrogens with zero attached hydrogens (tertiary/aromatic N) is 1. The first-order valence-electron chi connectivity index (χ1n) is 5.76. The highest BCUT2D eigenvalue weighted by atomic mass is 15.2.